The minimum atomic E-state index is -0.797. The highest BCUT2D eigenvalue weighted by Gasteiger charge is 2.26. The number of ether oxygens (including phenoxy) is 1. The van der Waals surface area contributed by atoms with Gasteiger partial charge in [-0.25, -0.2) is 0 Å². The number of benzene rings is 1. The van der Waals surface area contributed by atoms with Crippen molar-refractivity contribution in [1.29, 1.82) is 0 Å². The Morgan fingerprint density at radius 3 is 2.50 bits per heavy atom. The second-order valence-electron chi connectivity index (χ2n) is 5.58. The van der Waals surface area contributed by atoms with Crippen LogP contribution in [0.1, 0.15) is 37.8 Å². The van der Waals surface area contributed by atoms with Crippen LogP contribution in [-0.4, -0.2) is 17.7 Å². The predicted octanol–water partition coefficient (Wildman–Crippen LogP) is 4.88. The van der Waals surface area contributed by atoms with Gasteiger partial charge >= 0.3 is 5.97 Å². The highest BCUT2D eigenvalue weighted by molar-refractivity contribution is 6.37. The lowest BCUT2D eigenvalue weighted by molar-refractivity contribution is -0.147. The molecule has 0 atom stereocenters. The maximum atomic E-state index is 11.0. The average molecular weight is 319 g/mol. The fraction of sp³-hybridized carbons (Fsp3) is 0.533. The Bertz CT molecular complexity index is 510. The quantitative estimate of drug-likeness (QED) is 0.760. The highest BCUT2D eigenvalue weighted by Crippen LogP contribution is 2.36. The second-order valence-corrected chi connectivity index (χ2v) is 6.37. The molecule has 0 amide bonds. The van der Waals surface area contributed by atoms with Crippen molar-refractivity contribution in [2.24, 2.45) is 5.41 Å². The minimum absolute atomic E-state index is 0.429. The van der Waals surface area contributed by atoms with E-state index in [0.29, 0.717) is 35.2 Å². The van der Waals surface area contributed by atoms with Gasteiger partial charge in [-0.1, -0.05) is 23.2 Å². The van der Waals surface area contributed by atoms with E-state index in [2.05, 4.69) is 0 Å². The molecule has 0 spiro atoms. The molecule has 0 saturated carbocycles. The van der Waals surface area contributed by atoms with Crippen molar-refractivity contribution in [2.75, 3.05) is 6.61 Å². The second kappa shape index (κ2) is 6.68. The summed E-state index contributed by atoms with van der Waals surface area (Å²) in [4.78, 5) is 11.0. The number of hydrogen-bond donors (Lipinski definition) is 1. The van der Waals surface area contributed by atoms with Gasteiger partial charge in [0.1, 0.15) is 5.75 Å². The third-order valence-electron chi connectivity index (χ3n) is 3.36. The molecular formula is C15H20Cl2O3. The Labute approximate surface area is 129 Å². The van der Waals surface area contributed by atoms with Crippen molar-refractivity contribution in [3.8, 4) is 5.75 Å². The molecule has 0 aliphatic rings. The molecule has 0 saturated heterocycles. The van der Waals surface area contributed by atoms with Crippen LogP contribution in [0.2, 0.25) is 10.0 Å². The van der Waals surface area contributed by atoms with Gasteiger partial charge in [0.15, 0.2) is 0 Å². The number of aliphatic carboxylic acids is 1. The molecule has 112 valence electrons. The van der Waals surface area contributed by atoms with Crippen molar-refractivity contribution in [3.05, 3.63) is 27.2 Å². The van der Waals surface area contributed by atoms with Crippen LogP contribution in [0, 0.1) is 19.3 Å². The molecule has 1 N–H and O–H groups in total. The van der Waals surface area contributed by atoms with Gasteiger partial charge in [0, 0.05) is 5.02 Å². The SMILES string of the molecule is Cc1cc(Cl)c(C)c(Cl)c1OCCCC(C)(C)C(=O)O. The molecule has 0 heterocycles. The van der Waals surface area contributed by atoms with Crippen molar-refractivity contribution >= 4 is 29.2 Å². The molecule has 0 bridgehead atoms. The molecule has 3 nitrogen and oxygen atoms in total. The van der Waals surface area contributed by atoms with Crippen LogP contribution in [0.3, 0.4) is 0 Å². The summed E-state index contributed by atoms with van der Waals surface area (Å²) < 4.78 is 5.70. The van der Waals surface area contributed by atoms with E-state index in [9.17, 15) is 4.79 Å². The third kappa shape index (κ3) is 4.03. The summed E-state index contributed by atoms with van der Waals surface area (Å²) in [5.41, 5.74) is 0.931. The van der Waals surface area contributed by atoms with Crippen LogP contribution in [0.4, 0.5) is 0 Å². The molecule has 0 aromatic heterocycles. The number of hydrogen-bond acceptors (Lipinski definition) is 2. The summed E-state index contributed by atoms with van der Waals surface area (Å²) in [7, 11) is 0. The van der Waals surface area contributed by atoms with Crippen LogP contribution in [-0.2, 0) is 4.79 Å². The maximum absolute atomic E-state index is 11.0. The Morgan fingerprint density at radius 1 is 1.35 bits per heavy atom. The zero-order valence-corrected chi connectivity index (χ0v) is 13.7. The smallest absolute Gasteiger partial charge is 0.309 e. The summed E-state index contributed by atoms with van der Waals surface area (Å²) >= 11 is 12.3. The van der Waals surface area contributed by atoms with E-state index in [1.165, 1.54) is 0 Å². The van der Waals surface area contributed by atoms with Crippen molar-refractivity contribution in [1.82, 2.24) is 0 Å². The summed E-state index contributed by atoms with van der Waals surface area (Å²) in [6.45, 7) is 7.57. The first-order chi connectivity index (χ1) is 9.16. The first kappa shape index (κ1) is 17.1. The third-order valence-corrected chi connectivity index (χ3v) is 4.21. The lowest BCUT2D eigenvalue weighted by Gasteiger charge is -2.19. The van der Waals surface area contributed by atoms with Gasteiger partial charge in [0.25, 0.3) is 0 Å². The lowest BCUT2D eigenvalue weighted by Crippen LogP contribution is -2.24. The fourth-order valence-corrected chi connectivity index (χ4v) is 2.40. The summed E-state index contributed by atoms with van der Waals surface area (Å²) in [6, 6.07) is 1.82. The van der Waals surface area contributed by atoms with Crippen molar-refractivity contribution < 1.29 is 14.6 Å². The predicted molar refractivity (Wildman–Crippen MR) is 82.1 cm³/mol. The van der Waals surface area contributed by atoms with E-state index >= 15 is 0 Å². The number of rotatable bonds is 6. The van der Waals surface area contributed by atoms with Gasteiger partial charge in [-0.05, 0) is 57.7 Å². The molecular weight excluding hydrogens is 299 g/mol. The number of halogens is 2. The topological polar surface area (TPSA) is 46.5 Å². The van der Waals surface area contributed by atoms with Crippen LogP contribution in [0.15, 0.2) is 6.07 Å². The molecule has 1 aromatic rings. The average Bonchev–Trinajstić information content (AvgIpc) is 2.35. The van der Waals surface area contributed by atoms with Crippen LogP contribution in [0.5, 0.6) is 5.75 Å². The Kier molecular flexibility index (Phi) is 5.72. The first-order valence-corrected chi connectivity index (χ1v) is 7.24. The Morgan fingerprint density at radius 2 is 1.95 bits per heavy atom. The molecule has 1 aromatic carbocycles. The lowest BCUT2D eigenvalue weighted by atomic mass is 9.88. The highest BCUT2D eigenvalue weighted by atomic mass is 35.5. The fourth-order valence-electron chi connectivity index (χ4n) is 1.78. The van der Waals surface area contributed by atoms with Crippen LogP contribution >= 0.6 is 23.2 Å². The van der Waals surface area contributed by atoms with Crippen LogP contribution in [0.25, 0.3) is 0 Å². The van der Waals surface area contributed by atoms with Crippen molar-refractivity contribution in [3.63, 3.8) is 0 Å². The molecule has 20 heavy (non-hydrogen) atoms. The number of carboxylic acids is 1. The molecule has 0 fully saturated rings. The molecule has 0 aliphatic heterocycles. The number of aryl methyl sites for hydroxylation is 1. The standard InChI is InChI=1S/C15H20Cl2O3/c1-9-8-11(16)10(2)12(17)13(9)20-7-5-6-15(3,4)14(18)19/h8H,5-7H2,1-4H3,(H,18,19). The van der Waals surface area contributed by atoms with Crippen molar-refractivity contribution in [2.45, 2.75) is 40.5 Å². The molecule has 0 aliphatic carbocycles. The van der Waals surface area contributed by atoms with E-state index in [1.54, 1.807) is 13.8 Å². The van der Waals surface area contributed by atoms with Crippen LogP contribution < -0.4 is 4.74 Å². The van der Waals surface area contributed by atoms with E-state index in [0.717, 1.165) is 11.1 Å². The van der Waals surface area contributed by atoms with E-state index in [4.69, 9.17) is 33.0 Å². The van der Waals surface area contributed by atoms with Gasteiger partial charge in [-0.2, -0.15) is 0 Å². The van der Waals surface area contributed by atoms with Gasteiger partial charge in [-0.3, -0.25) is 4.79 Å². The number of carbonyl (C=O) groups is 1. The number of carboxylic acid groups (broad SMARTS) is 1. The molecule has 1 rings (SSSR count). The molecule has 5 heteroatoms. The zero-order valence-electron chi connectivity index (χ0n) is 12.2. The van der Waals surface area contributed by atoms with Gasteiger partial charge in [0.05, 0.1) is 17.0 Å². The van der Waals surface area contributed by atoms with Gasteiger partial charge in [-0.15, -0.1) is 0 Å². The van der Waals surface area contributed by atoms with Gasteiger partial charge < -0.3 is 9.84 Å². The monoisotopic (exact) mass is 318 g/mol. The first-order valence-electron chi connectivity index (χ1n) is 6.48. The zero-order chi connectivity index (χ0) is 15.5. The van der Waals surface area contributed by atoms with Gasteiger partial charge in [0.2, 0.25) is 0 Å². The summed E-state index contributed by atoms with van der Waals surface area (Å²) in [5, 5.41) is 10.2. The molecule has 0 unspecified atom stereocenters. The Balaban J connectivity index is 2.64. The van der Waals surface area contributed by atoms with E-state index in [1.807, 2.05) is 19.9 Å². The van der Waals surface area contributed by atoms with E-state index < -0.39 is 11.4 Å². The largest absolute Gasteiger partial charge is 0.492 e. The maximum Gasteiger partial charge on any atom is 0.309 e. The normalized spacial score (nSPS) is 11.5. The summed E-state index contributed by atoms with van der Waals surface area (Å²) in [6.07, 6.45) is 1.20. The summed E-state index contributed by atoms with van der Waals surface area (Å²) in [5.74, 6) is -0.171. The Hall–Kier alpha value is -0.930. The molecule has 0 radical (unpaired) electrons. The van der Waals surface area contributed by atoms with E-state index in [-0.39, 0.29) is 0 Å². The minimum Gasteiger partial charge on any atom is -0.492 e.